The average Bonchev–Trinajstić information content (AvgIpc) is 2.77. The first-order chi connectivity index (χ1) is 14.6. The van der Waals surface area contributed by atoms with Crippen molar-refractivity contribution in [2.24, 2.45) is 0 Å². The van der Waals surface area contributed by atoms with Crippen molar-refractivity contribution in [3.8, 4) is 11.5 Å². The highest BCUT2D eigenvalue weighted by Gasteiger charge is 2.13. The van der Waals surface area contributed by atoms with E-state index >= 15 is 0 Å². The molecule has 1 aliphatic rings. The third-order valence-corrected chi connectivity index (χ3v) is 4.51. The Hall–Kier alpha value is -3.72. The first kappa shape index (κ1) is 19.6. The summed E-state index contributed by atoms with van der Waals surface area (Å²) in [6, 6.07) is 11.4. The van der Waals surface area contributed by atoms with Gasteiger partial charge in [-0.05, 0) is 30.3 Å². The van der Waals surface area contributed by atoms with Gasteiger partial charge in [0, 0.05) is 30.5 Å². The maximum Gasteiger partial charge on any atom is 0.338 e. The molecule has 2 N–H and O–H groups in total. The number of carboxylic acids is 1. The molecule has 0 radical (unpaired) electrons. The summed E-state index contributed by atoms with van der Waals surface area (Å²) >= 11 is 0. The molecule has 2 heterocycles. The number of carbonyl (C=O) groups is 1. The second-order valence-electron chi connectivity index (χ2n) is 6.57. The van der Waals surface area contributed by atoms with Crippen molar-refractivity contribution in [3.63, 3.8) is 0 Å². The van der Waals surface area contributed by atoms with Crippen LogP contribution in [0.3, 0.4) is 0 Å². The van der Waals surface area contributed by atoms with E-state index in [0.717, 1.165) is 24.8 Å². The number of ether oxygens (including phenoxy) is 2. The molecule has 0 aliphatic carbocycles. The smallest absolute Gasteiger partial charge is 0.338 e. The van der Waals surface area contributed by atoms with E-state index in [2.05, 4.69) is 20.2 Å². The van der Waals surface area contributed by atoms with E-state index in [4.69, 9.17) is 14.6 Å². The summed E-state index contributed by atoms with van der Waals surface area (Å²) in [5, 5.41) is 11.9. The molecular formula is C21H19FN4O4. The normalized spacial score (nSPS) is 13.7. The Balaban J connectivity index is 1.43. The van der Waals surface area contributed by atoms with E-state index in [-0.39, 0.29) is 5.95 Å². The van der Waals surface area contributed by atoms with Crippen molar-refractivity contribution in [2.75, 3.05) is 36.5 Å². The van der Waals surface area contributed by atoms with E-state index in [1.54, 1.807) is 0 Å². The number of carboxylic acid groups (broad SMARTS) is 1. The average molecular weight is 410 g/mol. The van der Waals surface area contributed by atoms with Crippen LogP contribution in [0.15, 0.2) is 54.9 Å². The summed E-state index contributed by atoms with van der Waals surface area (Å²) in [4.78, 5) is 21.6. The lowest BCUT2D eigenvalue weighted by atomic mass is 10.2. The van der Waals surface area contributed by atoms with Gasteiger partial charge in [0.05, 0.1) is 31.2 Å². The number of aromatic carboxylic acids is 1. The summed E-state index contributed by atoms with van der Waals surface area (Å²) in [6.07, 6.45) is 3.00. The molecule has 1 aliphatic heterocycles. The molecule has 9 heteroatoms. The molecule has 0 amide bonds. The fourth-order valence-electron chi connectivity index (χ4n) is 3.03. The van der Waals surface area contributed by atoms with Gasteiger partial charge in [0.15, 0.2) is 5.75 Å². The SMILES string of the molecule is O=C(O)c1cc(Nc2ncc(Oc3cccc(N4CCOCC4)c3)cn2)ccc1F. The van der Waals surface area contributed by atoms with Gasteiger partial charge < -0.3 is 24.8 Å². The van der Waals surface area contributed by atoms with Crippen LogP contribution in [0.2, 0.25) is 0 Å². The summed E-state index contributed by atoms with van der Waals surface area (Å²) < 4.78 is 24.7. The van der Waals surface area contributed by atoms with Gasteiger partial charge in [0.2, 0.25) is 5.95 Å². The van der Waals surface area contributed by atoms with Gasteiger partial charge >= 0.3 is 5.97 Å². The maximum atomic E-state index is 13.5. The molecule has 0 saturated carbocycles. The molecule has 1 aromatic heterocycles. The highest BCUT2D eigenvalue weighted by molar-refractivity contribution is 5.89. The largest absolute Gasteiger partial charge is 0.478 e. The van der Waals surface area contributed by atoms with Crippen molar-refractivity contribution in [1.29, 1.82) is 0 Å². The van der Waals surface area contributed by atoms with Crippen LogP contribution in [0.5, 0.6) is 11.5 Å². The minimum Gasteiger partial charge on any atom is -0.478 e. The van der Waals surface area contributed by atoms with Crippen molar-refractivity contribution in [3.05, 3.63) is 66.2 Å². The van der Waals surface area contributed by atoms with Gasteiger partial charge in [-0.15, -0.1) is 0 Å². The molecule has 3 aromatic rings. The van der Waals surface area contributed by atoms with Gasteiger partial charge in [-0.1, -0.05) is 6.07 Å². The Morgan fingerprint density at radius 3 is 2.60 bits per heavy atom. The van der Waals surface area contributed by atoms with E-state index < -0.39 is 17.3 Å². The van der Waals surface area contributed by atoms with Gasteiger partial charge in [-0.25, -0.2) is 19.2 Å². The Bertz CT molecular complexity index is 1040. The Morgan fingerprint density at radius 1 is 1.10 bits per heavy atom. The van der Waals surface area contributed by atoms with Gasteiger partial charge in [0.25, 0.3) is 0 Å². The number of anilines is 3. The summed E-state index contributed by atoms with van der Waals surface area (Å²) in [6.45, 7) is 3.07. The van der Waals surface area contributed by atoms with E-state index in [1.807, 2.05) is 24.3 Å². The van der Waals surface area contributed by atoms with Crippen LogP contribution >= 0.6 is 0 Å². The highest BCUT2D eigenvalue weighted by atomic mass is 19.1. The Morgan fingerprint density at radius 2 is 1.87 bits per heavy atom. The molecule has 154 valence electrons. The molecule has 8 nitrogen and oxygen atoms in total. The van der Waals surface area contributed by atoms with E-state index in [0.29, 0.717) is 30.4 Å². The molecule has 30 heavy (non-hydrogen) atoms. The zero-order chi connectivity index (χ0) is 20.9. The number of hydrogen-bond donors (Lipinski definition) is 2. The fraction of sp³-hybridized carbons (Fsp3) is 0.190. The van der Waals surface area contributed by atoms with Crippen LogP contribution in [0.4, 0.5) is 21.7 Å². The first-order valence-electron chi connectivity index (χ1n) is 9.31. The number of benzene rings is 2. The maximum absolute atomic E-state index is 13.5. The lowest BCUT2D eigenvalue weighted by Crippen LogP contribution is -2.36. The highest BCUT2D eigenvalue weighted by Crippen LogP contribution is 2.26. The number of morpholine rings is 1. The zero-order valence-corrected chi connectivity index (χ0v) is 15.9. The molecule has 0 atom stereocenters. The predicted molar refractivity (Wildman–Crippen MR) is 108 cm³/mol. The second kappa shape index (κ2) is 8.75. The van der Waals surface area contributed by atoms with Crippen LogP contribution in [-0.2, 0) is 4.74 Å². The lowest BCUT2D eigenvalue weighted by Gasteiger charge is -2.29. The van der Waals surface area contributed by atoms with E-state index in [9.17, 15) is 9.18 Å². The second-order valence-corrected chi connectivity index (χ2v) is 6.57. The molecule has 0 bridgehead atoms. The van der Waals surface area contributed by atoms with Crippen LogP contribution in [-0.4, -0.2) is 47.3 Å². The molecule has 0 unspecified atom stereocenters. The number of nitrogens with zero attached hydrogens (tertiary/aromatic N) is 3. The number of aromatic nitrogens is 2. The van der Waals surface area contributed by atoms with Crippen LogP contribution in [0.25, 0.3) is 0 Å². The van der Waals surface area contributed by atoms with Crippen molar-refractivity contribution in [1.82, 2.24) is 9.97 Å². The van der Waals surface area contributed by atoms with Crippen molar-refractivity contribution >= 4 is 23.3 Å². The summed E-state index contributed by atoms with van der Waals surface area (Å²) in [7, 11) is 0. The standard InChI is InChI=1S/C21H19FN4O4/c22-19-5-4-14(10-18(19)20(27)28)25-21-23-12-17(13-24-21)30-16-3-1-2-15(11-16)26-6-8-29-9-7-26/h1-5,10-13H,6-9H2,(H,27,28)(H,23,24,25). The zero-order valence-electron chi connectivity index (χ0n) is 15.9. The monoisotopic (exact) mass is 410 g/mol. The molecule has 1 fully saturated rings. The minimum absolute atomic E-state index is 0.229. The Labute approximate surface area is 171 Å². The number of halogens is 1. The summed E-state index contributed by atoms with van der Waals surface area (Å²) in [5.41, 5.74) is 0.987. The van der Waals surface area contributed by atoms with Gasteiger partial charge in [0.1, 0.15) is 11.6 Å². The number of rotatable bonds is 6. The van der Waals surface area contributed by atoms with Crippen molar-refractivity contribution in [2.45, 2.75) is 0 Å². The molecular weight excluding hydrogens is 391 g/mol. The third kappa shape index (κ3) is 4.64. The number of nitrogens with one attached hydrogen (secondary N) is 1. The summed E-state index contributed by atoms with van der Waals surface area (Å²) in [5.74, 6) is -0.817. The lowest BCUT2D eigenvalue weighted by molar-refractivity contribution is 0.0692. The molecule has 4 rings (SSSR count). The topological polar surface area (TPSA) is 96.8 Å². The van der Waals surface area contributed by atoms with Crippen LogP contribution in [0, 0.1) is 5.82 Å². The van der Waals surface area contributed by atoms with Crippen LogP contribution in [0.1, 0.15) is 10.4 Å². The van der Waals surface area contributed by atoms with Gasteiger partial charge in [-0.3, -0.25) is 0 Å². The molecule has 2 aromatic carbocycles. The molecule has 1 saturated heterocycles. The minimum atomic E-state index is -1.35. The predicted octanol–water partition coefficient (Wildman–Crippen LogP) is 3.69. The molecule has 0 spiro atoms. The fourth-order valence-corrected chi connectivity index (χ4v) is 3.03. The van der Waals surface area contributed by atoms with E-state index in [1.165, 1.54) is 24.5 Å². The first-order valence-corrected chi connectivity index (χ1v) is 9.31. The van der Waals surface area contributed by atoms with Crippen molar-refractivity contribution < 1.29 is 23.8 Å². The number of hydrogen-bond acceptors (Lipinski definition) is 7. The van der Waals surface area contributed by atoms with Gasteiger partial charge in [-0.2, -0.15) is 0 Å². The quantitative estimate of drug-likeness (QED) is 0.635. The third-order valence-electron chi connectivity index (χ3n) is 4.51. The van der Waals surface area contributed by atoms with Crippen LogP contribution < -0.4 is 15.0 Å². The Kier molecular flexibility index (Phi) is 5.71.